The summed E-state index contributed by atoms with van der Waals surface area (Å²) < 4.78 is 5.15. The summed E-state index contributed by atoms with van der Waals surface area (Å²) in [6.07, 6.45) is 0.559. The van der Waals surface area contributed by atoms with E-state index in [4.69, 9.17) is 17.0 Å². The average molecular weight is 428 g/mol. The molecule has 0 unspecified atom stereocenters. The molecule has 0 saturated heterocycles. The smallest absolute Gasteiger partial charge is 0.306 e. The molecule has 0 saturated carbocycles. The highest BCUT2D eigenvalue weighted by Gasteiger charge is 2.11. The Kier molecular flexibility index (Phi) is 8.96. The molecule has 2 amide bonds. The molecule has 0 heterocycles. The molecule has 0 spiro atoms. The molecule has 0 aliphatic heterocycles. The molecule has 30 heavy (non-hydrogen) atoms. The van der Waals surface area contributed by atoms with Crippen molar-refractivity contribution in [1.29, 1.82) is 0 Å². The molecule has 0 aromatic heterocycles. The van der Waals surface area contributed by atoms with Crippen LogP contribution in [0.2, 0.25) is 0 Å². The molecule has 0 atom stereocenters. The zero-order valence-corrected chi connectivity index (χ0v) is 17.8. The lowest BCUT2D eigenvalue weighted by atomic mass is 10.2. The number of ether oxygens (including phenoxy) is 1. The topological polar surface area (TPSA) is 87.7 Å². The number of hydrogen-bond acceptors (Lipinski definition) is 5. The third kappa shape index (κ3) is 8.00. The van der Waals surface area contributed by atoms with Crippen LogP contribution in [0.5, 0.6) is 0 Å². The van der Waals surface area contributed by atoms with Crippen LogP contribution in [0.1, 0.15) is 28.8 Å². The van der Waals surface area contributed by atoms with Crippen molar-refractivity contribution in [1.82, 2.24) is 10.2 Å². The minimum Gasteiger partial charge on any atom is -0.465 e. The van der Waals surface area contributed by atoms with Crippen molar-refractivity contribution in [3.05, 3.63) is 65.7 Å². The van der Waals surface area contributed by atoms with E-state index in [1.165, 1.54) is 4.90 Å². The summed E-state index contributed by atoms with van der Waals surface area (Å²) in [5.74, 6) is -0.970. The highest BCUT2D eigenvalue weighted by Crippen LogP contribution is 2.12. The van der Waals surface area contributed by atoms with E-state index in [9.17, 15) is 14.4 Å². The van der Waals surface area contributed by atoms with Gasteiger partial charge in [-0.3, -0.25) is 14.4 Å². The van der Waals surface area contributed by atoms with Crippen molar-refractivity contribution in [2.24, 2.45) is 0 Å². The van der Waals surface area contributed by atoms with Crippen LogP contribution >= 0.6 is 12.2 Å². The van der Waals surface area contributed by atoms with Gasteiger partial charge in [0.05, 0.1) is 13.0 Å². The van der Waals surface area contributed by atoms with Crippen LogP contribution in [-0.2, 0) is 20.7 Å². The third-order valence-electron chi connectivity index (χ3n) is 4.08. The van der Waals surface area contributed by atoms with Crippen molar-refractivity contribution >= 4 is 40.8 Å². The van der Waals surface area contributed by atoms with E-state index in [1.807, 2.05) is 30.3 Å². The number of benzene rings is 2. The number of carbonyl (C=O) groups is 3. The largest absolute Gasteiger partial charge is 0.465 e. The van der Waals surface area contributed by atoms with Gasteiger partial charge in [-0.1, -0.05) is 36.4 Å². The summed E-state index contributed by atoms with van der Waals surface area (Å²) in [7, 11) is 3.33. The van der Waals surface area contributed by atoms with Crippen LogP contribution in [-0.4, -0.2) is 48.5 Å². The van der Waals surface area contributed by atoms with Gasteiger partial charge < -0.3 is 20.3 Å². The number of nitrogens with one attached hydrogen (secondary N) is 2. The summed E-state index contributed by atoms with van der Waals surface area (Å²) >= 11 is 5.12. The number of esters is 1. The number of rotatable bonds is 8. The van der Waals surface area contributed by atoms with E-state index < -0.39 is 11.9 Å². The van der Waals surface area contributed by atoms with Gasteiger partial charge in [0.1, 0.15) is 0 Å². The quantitative estimate of drug-likeness (QED) is 0.498. The lowest BCUT2D eigenvalue weighted by molar-refractivity contribution is -0.144. The van der Waals surface area contributed by atoms with E-state index in [2.05, 4.69) is 10.6 Å². The van der Waals surface area contributed by atoms with Gasteiger partial charge in [0.15, 0.2) is 5.11 Å². The fourth-order valence-electron chi connectivity index (χ4n) is 2.55. The Morgan fingerprint density at radius 1 is 1.00 bits per heavy atom. The second kappa shape index (κ2) is 11.7. The first-order chi connectivity index (χ1) is 14.3. The average Bonchev–Trinajstić information content (AvgIpc) is 2.72. The van der Waals surface area contributed by atoms with Gasteiger partial charge in [0, 0.05) is 38.2 Å². The molecule has 2 N–H and O–H groups in total. The molecule has 2 aromatic carbocycles. The van der Waals surface area contributed by atoms with E-state index in [0.29, 0.717) is 17.7 Å². The molecule has 0 aliphatic carbocycles. The number of carbonyl (C=O) groups excluding carboxylic acids is 3. The maximum Gasteiger partial charge on any atom is 0.306 e. The molecule has 2 aromatic rings. The van der Waals surface area contributed by atoms with Gasteiger partial charge >= 0.3 is 5.97 Å². The first-order valence-electron chi connectivity index (χ1n) is 9.47. The van der Waals surface area contributed by atoms with Gasteiger partial charge in [-0.05, 0) is 36.0 Å². The molecule has 0 fully saturated rings. The Morgan fingerprint density at radius 2 is 1.73 bits per heavy atom. The fourth-order valence-corrected chi connectivity index (χ4v) is 2.79. The third-order valence-corrected chi connectivity index (χ3v) is 4.28. The highest BCUT2D eigenvalue weighted by molar-refractivity contribution is 7.80. The van der Waals surface area contributed by atoms with Crippen molar-refractivity contribution < 1.29 is 19.1 Å². The van der Waals surface area contributed by atoms with E-state index in [0.717, 1.165) is 5.56 Å². The summed E-state index contributed by atoms with van der Waals surface area (Å²) in [4.78, 5) is 37.3. The van der Waals surface area contributed by atoms with E-state index >= 15 is 0 Å². The number of amides is 2. The standard InChI is InChI=1S/C22H25N3O4S/c1-25(2)21(28)17-9-6-10-18(15-17)23-22(30)24-19(26)11-12-20(27)29-14-13-16-7-4-3-5-8-16/h3-10,15H,11-14H2,1-2H3,(H2,23,24,26,30). The molecule has 8 heteroatoms. The Balaban J connectivity index is 1.70. The van der Waals surface area contributed by atoms with Crippen molar-refractivity contribution in [3.8, 4) is 0 Å². The number of thiocarbonyl (C=S) groups is 1. The SMILES string of the molecule is CN(C)C(=O)c1cccc(NC(=S)NC(=O)CCC(=O)OCCc2ccccc2)c1. The predicted octanol–water partition coefficient (Wildman–Crippen LogP) is 2.77. The number of hydrogen-bond donors (Lipinski definition) is 2. The van der Waals surface area contributed by atoms with Crippen molar-refractivity contribution in [3.63, 3.8) is 0 Å². The van der Waals surface area contributed by atoms with Crippen LogP contribution in [0.4, 0.5) is 5.69 Å². The predicted molar refractivity (Wildman–Crippen MR) is 119 cm³/mol. The van der Waals surface area contributed by atoms with Crippen LogP contribution in [0.3, 0.4) is 0 Å². The molecular weight excluding hydrogens is 402 g/mol. The van der Waals surface area contributed by atoms with Crippen molar-refractivity contribution in [2.75, 3.05) is 26.0 Å². The summed E-state index contributed by atoms with van der Waals surface area (Å²) in [5, 5.41) is 5.46. The highest BCUT2D eigenvalue weighted by atomic mass is 32.1. The van der Waals surface area contributed by atoms with Gasteiger partial charge in [-0.15, -0.1) is 0 Å². The van der Waals surface area contributed by atoms with Gasteiger partial charge in [-0.25, -0.2) is 0 Å². The van der Waals surface area contributed by atoms with Gasteiger partial charge in [-0.2, -0.15) is 0 Å². The van der Waals surface area contributed by atoms with Crippen LogP contribution in [0, 0.1) is 0 Å². The second-order valence-electron chi connectivity index (χ2n) is 6.74. The Bertz CT molecular complexity index is 900. The summed E-state index contributed by atoms with van der Waals surface area (Å²) in [6.45, 7) is 0.270. The van der Waals surface area contributed by atoms with E-state index in [-0.39, 0.29) is 30.5 Å². The van der Waals surface area contributed by atoms with E-state index in [1.54, 1.807) is 38.4 Å². The zero-order chi connectivity index (χ0) is 21.9. The first-order valence-corrected chi connectivity index (χ1v) is 9.88. The maximum absolute atomic E-state index is 12.0. The molecule has 158 valence electrons. The second-order valence-corrected chi connectivity index (χ2v) is 7.15. The van der Waals surface area contributed by atoms with Crippen LogP contribution < -0.4 is 10.6 Å². The summed E-state index contributed by atoms with van der Waals surface area (Å²) in [6, 6.07) is 16.5. The van der Waals surface area contributed by atoms with Gasteiger partial charge in [0.2, 0.25) is 5.91 Å². The first kappa shape index (κ1) is 23.0. The number of anilines is 1. The minimum absolute atomic E-state index is 0.0317. The van der Waals surface area contributed by atoms with Crippen LogP contribution in [0.25, 0.3) is 0 Å². The molecular formula is C22H25N3O4S. The Hall–Kier alpha value is -3.26. The Labute approximate surface area is 181 Å². The molecule has 0 aliphatic rings. The molecule has 0 radical (unpaired) electrons. The molecule has 7 nitrogen and oxygen atoms in total. The van der Waals surface area contributed by atoms with Gasteiger partial charge in [0.25, 0.3) is 5.91 Å². The van der Waals surface area contributed by atoms with Crippen molar-refractivity contribution in [2.45, 2.75) is 19.3 Å². The Morgan fingerprint density at radius 3 is 2.43 bits per heavy atom. The normalized spacial score (nSPS) is 10.1. The number of nitrogens with zero attached hydrogens (tertiary/aromatic N) is 1. The molecule has 2 rings (SSSR count). The minimum atomic E-state index is -0.435. The zero-order valence-electron chi connectivity index (χ0n) is 17.0. The van der Waals surface area contributed by atoms with Crippen LogP contribution in [0.15, 0.2) is 54.6 Å². The monoisotopic (exact) mass is 427 g/mol. The lowest BCUT2D eigenvalue weighted by Gasteiger charge is -2.13. The molecule has 0 bridgehead atoms. The summed E-state index contributed by atoms with van der Waals surface area (Å²) in [5.41, 5.74) is 2.15. The lowest BCUT2D eigenvalue weighted by Crippen LogP contribution is -2.34. The fraction of sp³-hybridized carbons (Fsp3) is 0.273. The maximum atomic E-state index is 12.0.